The molecule has 6 nitrogen and oxygen atoms in total. The number of nitrogens with one attached hydrogen (secondary N) is 1. The van der Waals surface area contributed by atoms with Gasteiger partial charge in [-0.3, -0.25) is 9.59 Å². The van der Waals surface area contributed by atoms with Crippen molar-refractivity contribution in [2.45, 2.75) is 12.8 Å². The van der Waals surface area contributed by atoms with E-state index in [0.717, 1.165) is 12.2 Å². The van der Waals surface area contributed by atoms with Crippen LogP contribution in [0.15, 0.2) is 66.7 Å². The van der Waals surface area contributed by atoms with Gasteiger partial charge in [-0.25, -0.2) is 4.39 Å². The molecule has 0 saturated carbocycles. The molecule has 0 aromatic heterocycles. The SMILES string of the molecule is O=C(Nc1ccc2c(c1)N(CCCCOc1ccc(Cl)cc1)C(=O)CO2)c1ccccc1F. The van der Waals surface area contributed by atoms with Crippen LogP contribution in [0.3, 0.4) is 0 Å². The van der Waals surface area contributed by atoms with Gasteiger partial charge in [-0.05, 0) is 67.4 Å². The van der Waals surface area contributed by atoms with Crippen molar-refractivity contribution in [3.8, 4) is 11.5 Å². The third-order valence-electron chi connectivity index (χ3n) is 5.14. The van der Waals surface area contributed by atoms with E-state index in [9.17, 15) is 14.0 Å². The molecule has 0 aliphatic carbocycles. The van der Waals surface area contributed by atoms with E-state index in [-0.39, 0.29) is 18.1 Å². The van der Waals surface area contributed by atoms with Crippen molar-refractivity contribution in [1.29, 1.82) is 0 Å². The number of carbonyl (C=O) groups excluding carboxylic acids is 2. The summed E-state index contributed by atoms with van der Waals surface area (Å²) in [5.74, 6) is -0.0482. The van der Waals surface area contributed by atoms with Gasteiger partial charge in [-0.1, -0.05) is 23.7 Å². The van der Waals surface area contributed by atoms with Crippen LogP contribution in [0.4, 0.5) is 15.8 Å². The maximum Gasteiger partial charge on any atom is 0.265 e. The Morgan fingerprint density at radius 1 is 1.09 bits per heavy atom. The summed E-state index contributed by atoms with van der Waals surface area (Å²) in [6, 6.07) is 17.9. The first-order chi connectivity index (χ1) is 16.0. The van der Waals surface area contributed by atoms with Crippen LogP contribution in [0.1, 0.15) is 23.2 Å². The number of halogens is 2. The molecule has 8 heteroatoms. The van der Waals surface area contributed by atoms with Crippen molar-refractivity contribution in [1.82, 2.24) is 0 Å². The van der Waals surface area contributed by atoms with Crippen LogP contribution in [0.5, 0.6) is 11.5 Å². The fraction of sp³-hybridized carbons (Fsp3) is 0.200. The average Bonchev–Trinajstić information content (AvgIpc) is 2.81. The summed E-state index contributed by atoms with van der Waals surface area (Å²) in [6.07, 6.45) is 1.46. The molecule has 1 N–H and O–H groups in total. The molecule has 3 aromatic carbocycles. The van der Waals surface area contributed by atoms with E-state index in [4.69, 9.17) is 21.1 Å². The Kier molecular flexibility index (Phi) is 7.10. The first-order valence-electron chi connectivity index (χ1n) is 10.5. The van der Waals surface area contributed by atoms with Gasteiger partial charge in [0.25, 0.3) is 11.8 Å². The summed E-state index contributed by atoms with van der Waals surface area (Å²) >= 11 is 5.87. The van der Waals surface area contributed by atoms with Crippen molar-refractivity contribution in [2.75, 3.05) is 30.0 Å². The lowest BCUT2D eigenvalue weighted by atomic mass is 10.1. The Balaban J connectivity index is 1.38. The highest BCUT2D eigenvalue weighted by Crippen LogP contribution is 2.35. The van der Waals surface area contributed by atoms with Gasteiger partial charge in [0, 0.05) is 17.3 Å². The lowest BCUT2D eigenvalue weighted by Gasteiger charge is -2.30. The van der Waals surface area contributed by atoms with Gasteiger partial charge in [-0.15, -0.1) is 0 Å². The zero-order valence-electron chi connectivity index (χ0n) is 17.7. The smallest absolute Gasteiger partial charge is 0.265 e. The Morgan fingerprint density at radius 3 is 2.67 bits per heavy atom. The first kappa shape index (κ1) is 22.6. The van der Waals surface area contributed by atoms with E-state index < -0.39 is 11.7 Å². The third kappa shape index (κ3) is 5.62. The van der Waals surface area contributed by atoms with Gasteiger partial charge < -0.3 is 19.7 Å². The normalized spacial score (nSPS) is 12.7. The van der Waals surface area contributed by atoms with Gasteiger partial charge in [0.15, 0.2) is 6.61 Å². The number of benzene rings is 3. The second kappa shape index (κ2) is 10.4. The maximum atomic E-state index is 13.9. The first-order valence-corrected chi connectivity index (χ1v) is 10.9. The number of hydrogen-bond donors (Lipinski definition) is 1. The number of carbonyl (C=O) groups is 2. The standard InChI is InChI=1S/C25H22ClFN2O4/c26-17-7-10-19(11-8-17)32-14-4-3-13-29-22-15-18(9-12-23(22)33-16-24(29)30)28-25(31)20-5-1-2-6-21(20)27/h1-2,5-12,15H,3-4,13-14,16H2,(H,28,31). The van der Waals surface area contributed by atoms with Crippen LogP contribution >= 0.6 is 11.6 Å². The van der Waals surface area contributed by atoms with Crippen molar-refractivity contribution in [3.63, 3.8) is 0 Å². The molecule has 1 aliphatic heterocycles. The molecule has 0 atom stereocenters. The largest absolute Gasteiger partial charge is 0.494 e. The van der Waals surface area contributed by atoms with Crippen LogP contribution < -0.4 is 19.7 Å². The Bertz CT molecular complexity index is 1150. The maximum absolute atomic E-state index is 13.9. The number of amides is 2. The lowest BCUT2D eigenvalue weighted by Crippen LogP contribution is -2.39. The summed E-state index contributed by atoms with van der Waals surface area (Å²) in [7, 11) is 0. The Hall–Kier alpha value is -3.58. The van der Waals surface area contributed by atoms with Crippen LogP contribution in [0.25, 0.3) is 0 Å². The summed E-state index contributed by atoms with van der Waals surface area (Å²) < 4.78 is 25.1. The number of nitrogens with zero attached hydrogens (tertiary/aromatic N) is 1. The minimum atomic E-state index is -0.603. The number of anilines is 2. The number of rotatable bonds is 8. The highest BCUT2D eigenvalue weighted by Gasteiger charge is 2.25. The quantitative estimate of drug-likeness (QED) is 0.454. The van der Waals surface area contributed by atoms with E-state index in [1.165, 1.54) is 18.2 Å². The fourth-order valence-corrected chi connectivity index (χ4v) is 3.59. The van der Waals surface area contributed by atoms with E-state index >= 15 is 0 Å². The molecule has 0 saturated heterocycles. The predicted molar refractivity (Wildman–Crippen MR) is 125 cm³/mol. The van der Waals surface area contributed by atoms with Crippen molar-refractivity contribution in [3.05, 3.63) is 83.1 Å². The molecule has 2 amide bonds. The van der Waals surface area contributed by atoms with Gasteiger partial charge in [0.05, 0.1) is 17.9 Å². The van der Waals surface area contributed by atoms with Crippen molar-refractivity contribution >= 4 is 34.8 Å². The summed E-state index contributed by atoms with van der Waals surface area (Å²) in [4.78, 5) is 26.6. The summed E-state index contributed by atoms with van der Waals surface area (Å²) in [6.45, 7) is 0.935. The van der Waals surface area contributed by atoms with Gasteiger partial charge >= 0.3 is 0 Å². The molecule has 0 unspecified atom stereocenters. The molecule has 3 aromatic rings. The third-order valence-corrected chi connectivity index (χ3v) is 5.39. The minimum Gasteiger partial charge on any atom is -0.494 e. The molecule has 0 fully saturated rings. The molecule has 170 valence electrons. The molecule has 1 aliphatic rings. The Labute approximate surface area is 195 Å². The zero-order valence-corrected chi connectivity index (χ0v) is 18.5. The minimum absolute atomic E-state index is 0.0464. The molecule has 33 heavy (non-hydrogen) atoms. The number of hydrogen-bond acceptors (Lipinski definition) is 4. The van der Waals surface area contributed by atoms with Gasteiger partial charge in [-0.2, -0.15) is 0 Å². The summed E-state index contributed by atoms with van der Waals surface area (Å²) in [5, 5.41) is 3.33. The second-order valence-electron chi connectivity index (χ2n) is 7.46. The van der Waals surface area contributed by atoms with Crippen LogP contribution in [-0.4, -0.2) is 31.6 Å². The van der Waals surface area contributed by atoms with Crippen molar-refractivity contribution in [2.24, 2.45) is 0 Å². The second-order valence-corrected chi connectivity index (χ2v) is 7.90. The summed E-state index contributed by atoms with van der Waals surface area (Å²) in [5.41, 5.74) is 0.952. The lowest BCUT2D eigenvalue weighted by molar-refractivity contribution is -0.121. The highest BCUT2D eigenvalue weighted by atomic mass is 35.5. The molecule has 0 bridgehead atoms. The van der Waals surface area contributed by atoms with E-state index in [0.29, 0.717) is 41.7 Å². The van der Waals surface area contributed by atoms with E-state index in [2.05, 4.69) is 5.32 Å². The molecular weight excluding hydrogens is 447 g/mol. The number of ether oxygens (including phenoxy) is 2. The van der Waals surface area contributed by atoms with E-state index in [1.807, 2.05) is 0 Å². The van der Waals surface area contributed by atoms with Gasteiger partial charge in [0.1, 0.15) is 17.3 Å². The fourth-order valence-electron chi connectivity index (χ4n) is 3.46. The highest BCUT2D eigenvalue weighted by molar-refractivity contribution is 6.30. The van der Waals surface area contributed by atoms with Crippen LogP contribution in [0, 0.1) is 5.82 Å². The monoisotopic (exact) mass is 468 g/mol. The molecule has 0 spiro atoms. The number of unbranched alkanes of at least 4 members (excludes halogenated alkanes) is 1. The Morgan fingerprint density at radius 2 is 1.88 bits per heavy atom. The van der Waals surface area contributed by atoms with Crippen LogP contribution in [-0.2, 0) is 4.79 Å². The molecule has 0 radical (unpaired) electrons. The zero-order chi connectivity index (χ0) is 23.2. The van der Waals surface area contributed by atoms with Gasteiger partial charge in [0.2, 0.25) is 0 Å². The molecule has 4 rings (SSSR count). The predicted octanol–water partition coefficient (Wildman–Crippen LogP) is 5.32. The molecular formula is C25H22ClFN2O4. The average molecular weight is 469 g/mol. The van der Waals surface area contributed by atoms with Crippen LogP contribution in [0.2, 0.25) is 5.02 Å². The topological polar surface area (TPSA) is 67.9 Å². The van der Waals surface area contributed by atoms with E-state index in [1.54, 1.807) is 53.4 Å². The van der Waals surface area contributed by atoms with Crippen molar-refractivity contribution < 1.29 is 23.5 Å². The number of fused-ring (bicyclic) bond motifs is 1. The molecule has 1 heterocycles.